The molecule has 3 heterocycles. The van der Waals surface area contributed by atoms with Gasteiger partial charge in [0.2, 0.25) is 0 Å². The van der Waals surface area contributed by atoms with Gasteiger partial charge in [-0.2, -0.15) is 0 Å². The Bertz CT molecular complexity index is 849. The molecule has 1 amide bonds. The normalized spacial score (nSPS) is 18.9. The number of carbonyl (C=O) groups is 1. The van der Waals surface area contributed by atoms with Gasteiger partial charge < -0.3 is 4.98 Å². The maximum absolute atomic E-state index is 13.1. The highest BCUT2D eigenvalue weighted by molar-refractivity contribution is 6.32. The summed E-state index contributed by atoms with van der Waals surface area (Å²) in [5, 5.41) is 0. The Morgan fingerprint density at radius 1 is 1.19 bits per heavy atom. The number of nitrogens with zero attached hydrogens (tertiary/aromatic N) is 2. The van der Waals surface area contributed by atoms with Crippen LogP contribution in [0.15, 0.2) is 36.4 Å². The molecule has 2 aliphatic rings. The van der Waals surface area contributed by atoms with Crippen molar-refractivity contribution < 1.29 is 6.22 Å². The Kier molecular flexibility index (Phi) is 4.68. The highest BCUT2D eigenvalue weighted by Crippen LogP contribution is 2.37. The quantitative estimate of drug-likeness (QED) is 0.816. The standard InChI is InChI=1S/C22H27N3O.H2/c1-16-14-17(2)23-20(16)10-7-9-19-18-8-3-4-11-21(18)25(22(19)26)15-24-12-5-6-13-24;/h3-4,8-9,11,14,23H,5-7,10,12-13,15H2,1-2H3;1H/b19-9-;. The molecular formula is C22H29N3O. The number of benzene rings is 1. The van der Waals surface area contributed by atoms with Crippen LogP contribution in [-0.2, 0) is 11.2 Å². The third-order valence-corrected chi connectivity index (χ3v) is 5.50. The summed E-state index contributed by atoms with van der Waals surface area (Å²) in [6, 6.07) is 10.4. The van der Waals surface area contributed by atoms with Gasteiger partial charge in [0.05, 0.1) is 12.4 Å². The third kappa shape index (κ3) is 3.21. The van der Waals surface area contributed by atoms with Crippen LogP contribution in [0.4, 0.5) is 5.69 Å². The van der Waals surface area contributed by atoms with Crippen molar-refractivity contribution in [3.8, 4) is 0 Å². The van der Waals surface area contributed by atoms with E-state index >= 15 is 0 Å². The molecule has 1 aromatic carbocycles. The zero-order valence-corrected chi connectivity index (χ0v) is 15.7. The lowest BCUT2D eigenvalue weighted by molar-refractivity contribution is -0.113. The highest BCUT2D eigenvalue weighted by atomic mass is 16.2. The Balaban J connectivity index is 0.00000210. The van der Waals surface area contributed by atoms with E-state index in [1.165, 1.54) is 29.8 Å². The molecular weight excluding hydrogens is 322 g/mol. The number of aromatic nitrogens is 1. The van der Waals surface area contributed by atoms with Gasteiger partial charge in [0.25, 0.3) is 5.91 Å². The Morgan fingerprint density at radius 2 is 1.96 bits per heavy atom. The van der Waals surface area contributed by atoms with Gasteiger partial charge in [0.1, 0.15) is 0 Å². The van der Waals surface area contributed by atoms with Gasteiger partial charge in [0.15, 0.2) is 0 Å². The van der Waals surface area contributed by atoms with E-state index in [0.717, 1.165) is 42.8 Å². The molecule has 4 rings (SSSR count). The van der Waals surface area contributed by atoms with Gasteiger partial charge in [-0.15, -0.1) is 0 Å². The first-order valence-corrected chi connectivity index (χ1v) is 9.62. The lowest BCUT2D eigenvalue weighted by Gasteiger charge is -2.24. The van der Waals surface area contributed by atoms with Gasteiger partial charge in [-0.05, 0) is 70.3 Å². The maximum atomic E-state index is 13.1. The molecule has 4 heteroatoms. The summed E-state index contributed by atoms with van der Waals surface area (Å²) in [7, 11) is 0. The van der Waals surface area contributed by atoms with Crippen LogP contribution in [0, 0.1) is 13.8 Å². The van der Waals surface area contributed by atoms with E-state index in [1.807, 2.05) is 17.0 Å². The van der Waals surface area contributed by atoms with E-state index in [1.54, 1.807) is 0 Å². The summed E-state index contributed by atoms with van der Waals surface area (Å²) in [4.78, 5) is 20.8. The van der Waals surface area contributed by atoms with Gasteiger partial charge in [-0.3, -0.25) is 14.6 Å². The van der Waals surface area contributed by atoms with Crippen molar-refractivity contribution in [2.75, 3.05) is 24.7 Å². The highest BCUT2D eigenvalue weighted by Gasteiger charge is 2.33. The summed E-state index contributed by atoms with van der Waals surface area (Å²) >= 11 is 0. The average Bonchev–Trinajstić information content (AvgIpc) is 3.31. The summed E-state index contributed by atoms with van der Waals surface area (Å²) in [5.74, 6) is 0.150. The number of para-hydroxylation sites is 1. The monoisotopic (exact) mass is 351 g/mol. The van der Waals surface area contributed by atoms with Crippen molar-refractivity contribution in [2.24, 2.45) is 0 Å². The number of likely N-dealkylation sites (tertiary alicyclic amines) is 1. The fraction of sp³-hybridized carbons (Fsp3) is 0.409. The van der Waals surface area contributed by atoms with E-state index in [-0.39, 0.29) is 7.33 Å². The van der Waals surface area contributed by atoms with E-state index < -0.39 is 0 Å². The first kappa shape index (κ1) is 17.1. The minimum atomic E-state index is 0. The predicted octanol–water partition coefficient (Wildman–Crippen LogP) is 4.29. The Hall–Kier alpha value is -2.33. The van der Waals surface area contributed by atoms with Gasteiger partial charge >= 0.3 is 0 Å². The summed E-state index contributed by atoms with van der Waals surface area (Å²) in [6.45, 7) is 7.12. The number of hydrogen-bond donors (Lipinski definition) is 1. The molecule has 2 aromatic rings. The van der Waals surface area contributed by atoms with Gasteiger partial charge in [-0.25, -0.2) is 0 Å². The number of H-pyrrole nitrogens is 1. The smallest absolute Gasteiger partial charge is 0.259 e. The molecule has 0 aliphatic carbocycles. The number of allylic oxidation sites excluding steroid dienone is 1. The van der Waals surface area contributed by atoms with Crippen LogP contribution in [0.25, 0.3) is 5.57 Å². The third-order valence-electron chi connectivity index (χ3n) is 5.50. The summed E-state index contributed by atoms with van der Waals surface area (Å²) in [5.41, 5.74) is 6.77. The molecule has 0 bridgehead atoms. The van der Waals surface area contributed by atoms with E-state index in [2.05, 4.69) is 48.0 Å². The molecule has 0 atom stereocenters. The van der Waals surface area contributed by atoms with Crippen LogP contribution in [0.5, 0.6) is 0 Å². The van der Waals surface area contributed by atoms with Crippen molar-refractivity contribution in [3.63, 3.8) is 0 Å². The van der Waals surface area contributed by atoms with Crippen LogP contribution in [-0.4, -0.2) is 35.5 Å². The fourth-order valence-corrected chi connectivity index (χ4v) is 4.17. The number of anilines is 1. The zero-order chi connectivity index (χ0) is 18.1. The molecule has 26 heavy (non-hydrogen) atoms. The molecule has 1 N–H and O–H groups in total. The van der Waals surface area contributed by atoms with Crippen molar-refractivity contribution in [1.29, 1.82) is 0 Å². The van der Waals surface area contributed by atoms with Gasteiger partial charge in [-0.1, -0.05) is 24.3 Å². The maximum Gasteiger partial charge on any atom is 0.259 e. The fourth-order valence-electron chi connectivity index (χ4n) is 4.17. The molecule has 0 saturated carbocycles. The number of nitrogens with one attached hydrogen (secondary N) is 1. The molecule has 1 aromatic heterocycles. The minimum Gasteiger partial charge on any atom is -0.362 e. The first-order chi connectivity index (χ1) is 12.6. The van der Waals surface area contributed by atoms with Crippen LogP contribution in [0.1, 0.15) is 43.2 Å². The average molecular weight is 351 g/mol. The second-order valence-electron chi connectivity index (χ2n) is 7.49. The second kappa shape index (κ2) is 7.12. The van der Waals surface area contributed by atoms with Crippen molar-refractivity contribution in [2.45, 2.75) is 39.5 Å². The number of amides is 1. The number of aromatic amines is 1. The molecule has 0 radical (unpaired) electrons. The zero-order valence-electron chi connectivity index (χ0n) is 15.7. The van der Waals surface area contributed by atoms with Gasteiger partial charge in [0, 0.05) is 24.0 Å². The molecule has 138 valence electrons. The van der Waals surface area contributed by atoms with Crippen molar-refractivity contribution in [1.82, 2.24) is 9.88 Å². The first-order valence-electron chi connectivity index (χ1n) is 9.62. The number of rotatable bonds is 5. The summed E-state index contributed by atoms with van der Waals surface area (Å²) in [6.07, 6.45) is 6.40. The van der Waals surface area contributed by atoms with Crippen molar-refractivity contribution in [3.05, 3.63) is 58.9 Å². The molecule has 0 unspecified atom stereocenters. The summed E-state index contributed by atoms with van der Waals surface area (Å²) < 4.78 is 0. The van der Waals surface area contributed by atoms with E-state index in [9.17, 15) is 4.79 Å². The predicted molar refractivity (Wildman–Crippen MR) is 108 cm³/mol. The number of fused-ring (bicyclic) bond motifs is 1. The lowest BCUT2D eigenvalue weighted by Crippen LogP contribution is -2.38. The van der Waals surface area contributed by atoms with Crippen LogP contribution >= 0.6 is 0 Å². The lowest BCUT2D eigenvalue weighted by atomic mass is 10.0. The largest absolute Gasteiger partial charge is 0.362 e. The van der Waals surface area contributed by atoms with Crippen LogP contribution in [0.3, 0.4) is 0 Å². The molecule has 1 saturated heterocycles. The Morgan fingerprint density at radius 3 is 2.69 bits per heavy atom. The van der Waals surface area contributed by atoms with Crippen LogP contribution in [0.2, 0.25) is 0 Å². The van der Waals surface area contributed by atoms with Crippen molar-refractivity contribution >= 4 is 17.2 Å². The molecule has 2 aliphatic heterocycles. The Labute approximate surface area is 157 Å². The van der Waals surface area contributed by atoms with Crippen LogP contribution < -0.4 is 4.90 Å². The molecule has 0 spiro atoms. The topological polar surface area (TPSA) is 39.3 Å². The number of carbonyl (C=O) groups excluding carboxylic acids is 1. The molecule has 1 fully saturated rings. The SMILES string of the molecule is Cc1cc(C)c(CC/C=C2\C(=O)N(CN3CCCC3)c3ccccc32)[nH]1.[HH]. The van der Waals surface area contributed by atoms with E-state index in [0.29, 0.717) is 6.67 Å². The van der Waals surface area contributed by atoms with E-state index in [4.69, 9.17) is 0 Å². The molecule has 4 nitrogen and oxygen atoms in total. The second-order valence-corrected chi connectivity index (χ2v) is 7.49. The minimum absolute atomic E-state index is 0. The number of aryl methyl sites for hydroxylation is 3. The number of hydrogen-bond acceptors (Lipinski definition) is 2.